The molecule has 1 fully saturated rings. The Kier molecular flexibility index (Phi) is 5.71. The number of benzene rings is 1. The minimum absolute atomic E-state index is 0.706. The first-order valence-electron chi connectivity index (χ1n) is 7.70. The molecule has 2 nitrogen and oxygen atoms in total. The first kappa shape index (κ1) is 14.4. The summed E-state index contributed by atoms with van der Waals surface area (Å²) in [4.78, 5) is 2.70. The van der Waals surface area contributed by atoms with Crippen molar-refractivity contribution in [1.82, 2.24) is 4.90 Å². The van der Waals surface area contributed by atoms with E-state index in [1.54, 1.807) is 7.11 Å². The van der Waals surface area contributed by atoms with Crippen LogP contribution in [0.25, 0.3) is 0 Å². The van der Waals surface area contributed by atoms with Gasteiger partial charge in [-0.15, -0.1) is 0 Å². The van der Waals surface area contributed by atoms with Gasteiger partial charge in [0.2, 0.25) is 0 Å². The highest BCUT2D eigenvalue weighted by atomic mass is 16.5. The maximum atomic E-state index is 5.33. The van der Waals surface area contributed by atoms with Crippen LogP contribution in [0.1, 0.15) is 44.6 Å². The average molecular weight is 261 g/mol. The summed E-state index contributed by atoms with van der Waals surface area (Å²) in [5.74, 6) is 0.978. The zero-order valence-corrected chi connectivity index (χ0v) is 12.4. The zero-order valence-electron chi connectivity index (χ0n) is 12.4. The molecule has 1 aromatic rings. The van der Waals surface area contributed by atoms with Crippen LogP contribution in [0.2, 0.25) is 0 Å². The molecule has 0 aliphatic carbocycles. The van der Waals surface area contributed by atoms with E-state index in [1.165, 1.54) is 50.8 Å². The van der Waals surface area contributed by atoms with E-state index in [0.717, 1.165) is 12.2 Å². The minimum Gasteiger partial charge on any atom is -0.497 e. The van der Waals surface area contributed by atoms with Crippen molar-refractivity contribution in [2.24, 2.45) is 0 Å². The van der Waals surface area contributed by atoms with Gasteiger partial charge in [-0.1, -0.05) is 31.9 Å². The Morgan fingerprint density at radius 1 is 1.21 bits per heavy atom. The molecule has 1 heterocycles. The van der Waals surface area contributed by atoms with Gasteiger partial charge in [-0.05, 0) is 56.5 Å². The lowest BCUT2D eigenvalue weighted by Crippen LogP contribution is -2.40. The van der Waals surface area contributed by atoms with Crippen molar-refractivity contribution in [2.45, 2.75) is 51.5 Å². The van der Waals surface area contributed by atoms with Crippen molar-refractivity contribution in [3.8, 4) is 5.75 Å². The summed E-state index contributed by atoms with van der Waals surface area (Å²) in [6.45, 7) is 4.87. The summed E-state index contributed by atoms with van der Waals surface area (Å²) in [6.07, 6.45) is 7.89. The first-order chi connectivity index (χ1) is 9.33. The van der Waals surface area contributed by atoms with E-state index < -0.39 is 0 Å². The number of piperidine rings is 1. The Balaban J connectivity index is 2.01. The Hall–Kier alpha value is -1.02. The number of nitrogens with zero attached hydrogens (tertiary/aromatic N) is 1. The summed E-state index contributed by atoms with van der Waals surface area (Å²) in [5.41, 5.74) is 1.41. The summed E-state index contributed by atoms with van der Waals surface area (Å²) < 4.78 is 5.33. The van der Waals surface area contributed by atoms with Crippen LogP contribution >= 0.6 is 0 Å². The Morgan fingerprint density at radius 2 is 2.00 bits per heavy atom. The molecule has 1 saturated heterocycles. The van der Waals surface area contributed by atoms with Gasteiger partial charge in [0.05, 0.1) is 7.11 Å². The normalized spacial score (nSPS) is 18.2. The average Bonchev–Trinajstić information content (AvgIpc) is 2.48. The fraction of sp³-hybridized carbons (Fsp3) is 0.647. The van der Waals surface area contributed by atoms with Crippen molar-refractivity contribution < 1.29 is 4.74 Å². The molecular formula is C17H27NO. The van der Waals surface area contributed by atoms with Crippen LogP contribution in [0.15, 0.2) is 24.3 Å². The molecular weight excluding hydrogens is 234 g/mol. The molecule has 1 aromatic carbocycles. The SMILES string of the molecule is CCCC(Cc1cccc(OC)c1)N1CCCCC1. The molecule has 0 saturated carbocycles. The smallest absolute Gasteiger partial charge is 0.119 e. The van der Waals surface area contributed by atoms with E-state index >= 15 is 0 Å². The molecule has 0 N–H and O–H groups in total. The van der Waals surface area contributed by atoms with Crippen LogP contribution in [0.5, 0.6) is 5.75 Å². The van der Waals surface area contributed by atoms with E-state index in [-0.39, 0.29) is 0 Å². The maximum absolute atomic E-state index is 5.33. The van der Waals surface area contributed by atoms with Gasteiger partial charge in [-0.3, -0.25) is 0 Å². The molecule has 2 heteroatoms. The molecule has 0 radical (unpaired) electrons. The molecule has 19 heavy (non-hydrogen) atoms. The fourth-order valence-electron chi connectivity index (χ4n) is 3.10. The van der Waals surface area contributed by atoms with Crippen molar-refractivity contribution in [3.63, 3.8) is 0 Å². The third-order valence-electron chi connectivity index (χ3n) is 4.13. The highest BCUT2D eigenvalue weighted by Gasteiger charge is 2.20. The largest absolute Gasteiger partial charge is 0.497 e. The van der Waals surface area contributed by atoms with Crippen LogP contribution in [0.4, 0.5) is 0 Å². The highest BCUT2D eigenvalue weighted by Crippen LogP contribution is 2.21. The second-order valence-electron chi connectivity index (χ2n) is 5.59. The van der Waals surface area contributed by atoms with Crippen molar-refractivity contribution in [3.05, 3.63) is 29.8 Å². The van der Waals surface area contributed by atoms with Crippen LogP contribution in [-0.2, 0) is 6.42 Å². The third kappa shape index (κ3) is 4.24. The van der Waals surface area contributed by atoms with Gasteiger partial charge in [-0.25, -0.2) is 0 Å². The number of hydrogen-bond donors (Lipinski definition) is 0. The fourth-order valence-corrected chi connectivity index (χ4v) is 3.10. The van der Waals surface area contributed by atoms with Crippen molar-refractivity contribution in [1.29, 1.82) is 0 Å². The molecule has 0 bridgehead atoms. The summed E-state index contributed by atoms with van der Waals surface area (Å²) in [6, 6.07) is 9.26. The van der Waals surface area contributed by atoms with Crippen molar-refractivity contribution in [2.75, 3.05) is 20.2 Å². The van der Waals surface area contributed by atoms with Gasteiger partial charge < -0.3 is 9.64 Å². The number of rotatable bonds is 6. The quantitative estimate of drug-likeness (QED) is 0.770. The molecule has 0 amide bonds. The van der Waals surface area contributed by atoms with Crippen LogP contribution < -0.4 is 4.74 Å². The van der Waals surface area contributed by atoms with Crippen LogP contribution in [0.3, 0.4) is 0 Å². The third-order valence-corrected chi connectivity index (χ3v) is 4.13. The number of ether oxygens (including phenoxy) is 1. The van der Waals surface area contributed by atoms with Gasteiger partial charge in [0.15, 0.2) is 0 Å². The minimum atomic E-state index is 0.706. The molecule has 1 unspecified atom stereocenters. The lowest BCUT2D eigenvalue weighted by molar-refractivity contribution is 0.153. The lowest BCUT2D eigenvalue weighted by atomic mass is 9.98. The second kappa shape index (κ2) is 7.54. The Morgan fingerprint density at radius 3 is 2.68 bits per heavy atom. The van der Waals surface area contributed by atoms with E-state index in [4.69, 9.17) is 4.74 Å². The Labute approximate surface area is 117 Å². The predicted molar refractivity (Wildman–Crippen MR) is 80.8 cm³/mol. The van der Waals surface area contributed by atoms with Crippen LogP contribution in [0, 0.1) is 0 Å². The second-order valence-corrected chi connectivity index (χ2v) is 5.59. The molecule has 1 atom stereocenters. The van der Waals surface area contributed by atoms with E-state index in [1.807, 2.05) is 6.07 Å². The molecule has 1 aliphatic heterocycles. The van der Waals surface area contributed by atoms with Gasteiger partial charge in [0, 0.05) is 6.04 Å². The number of hydrogen-bond acceptors (Lipinski definition) is 2. The lowest BCUT2D eigenvalue weighted by Gasteiger charge is -2.34. The maximum Gasteiger partial charge on any atom is 0.119 e. The summed E-state index contributed by atoms with van der Waals surface area (Å²) in [5, 5.41) is 0. The van der Waals surface area contributed by atoms with Crippen LogP contribution in [-0.4, -0.2) is 31.1 Å². The number of likely N-dealkylation sites (tertiary alicyclic amines) is 1. The molecule has 1 aliphatic rings. The summed E-state index contributed by atoms with van der Waals surface area (Å²) in [7, 11) is 1.74. The topological polar surface area (TPSA) is 12.5 Å². The predicted octanol–water partition coefficient (Wildman–Crippen LogP) is 3.89. The van der Waals surface area contributed by atoms with E-state index in [9.17, 15) is 0 Å². The van der Waals surface area contributed by atoms with Gasteiger partial charge in [0.1, 0.15) is 5.75 Å². The van der Waals surface area contributed by atoms with Gasteiger partial charge >= 0.3 is 0 Å². The van der Waals surface area contributed by atoms with Gasteiger partial charge in [0.25, 0.3) is 0 Å². The van der Waals surface area contributed by atoms with Gasteiger partial charge in [-0.2, -0.15) is 0 Å². The highest BCUT2D eigenvalue weighted by molar-refractivity contribution is 5.29. The molecule has 2 rings (SSSR count). The van der Waals surface area contributed by atoms with Crippen molar-refractivity contribution >= 4 is 0 Å². The Bertz CT molecular complexity index is 371. The summed E-state index contributed by atoms with van der Waals surface area (Å²) >= 11 is 0. The standard InChI is InChI=1S/C17H27NO/c1-3-8-16(18-11-5-4-6-12-18)13-15-9-7-10-17(14-15)19-2/h7,9-10,14,16H,3-6,8,11-13H2,1-2H3. The molecule has 0 spiro atoms. The number of methoxy groups -OCH3 is 1. The van der Waals surface area contributed by atoms with E-state index in [0.29, 0.717) is 6.04 Å². The zero-order chi connectivity index (χ0) is 13.5. The molecule has 106 valence electrons. The van der Waals surface area contributed by atoms with E-state index in [2.05, 4.69) is 30.0 Å². The first-order valence-corrected chi connectivity index (χ1v) is 7.70. The monoisotopic (exact) mass is 261 g/mol. The molecule has 0 aromatic heterocycles.